The van der Waals surface area contributed by atoms with E-state index in [2.05, 4.69) is 5.32 Å². The minimum atomic E-state index is -0.908. The summed E-state index contributed by atoms with van der Waals surface area (Å²) in [6.45, 7) is 4.18. The molecule has 1 heterocycles. The average Bonchev–Trinajstić information content (AvgIpc) is 2.49. The van der Waals surface area contributed by atoms with E-state index in [9.17, 15) is 9.82 Å². The topological polar surface area (TPSA) is 78.8 Å². The van der Waals surface area contributed by atoms with Crippen LogP contribution in [0.15, 0.2) is 18.2 Å². The number of nitrogens with one attached hydrogen (secondary N) is 1. The highest BCUT2D eigenvalue weighted by molar-refractivity contribution is 6.62. The van der Waals surface area contributed by atoms with E-state index in [4.69, 9.17) is 9.76 Å². The van der Waals surface area contributed by atoms with E-state index in [0.717, 1.165) is 16.6 Å². The Labute approximate surface area is 106 Å². The number of carboxylic acid groups (broad SMARTS) is 1. The van der Waals surface area contributed by atoms with Crippen LogP contribution >= 0.6 is 0 Å². The second-order valence-electron chi connectivity index (χ2n) is 4.90. The van der Waals surface area contributed by atoms with E-state index >= 15 is 0 Å². The summed E-state index contributed by atoms with van der Waals surface area (Å²) in [5.74, 6) is -0.888. The fourth-order valence-electron chi connectivity index (χ4n) is 2.19. The fraction of sp³-hybridized carbons (Fsp3) is 0.417. The molecule has 5 nitrogen and oxygen atoms in total. The van der Waals surface area contributed by atoms with Gasteiger partial charge in [-0.1, -0.05) is 18.2 Å². The number of aliphatic carboxylic acids is 1. The smallest absolute Gasteiger partial charge is 0.480 e. The Balaban J connectivity index is 2.13. The van der Waals surface area contributed by atoms with Crippen molar-refractivity contribution in [1.82, 2.24) is 5.32 Å². The van der Waals surface area contributed by atoms with Gasteiger partial charge < -0.3 is 20.1 Å². The third-order valence-electron chi connectivity index (χ3n) is 3.04. The Bertz CT molecular complexity index is 475. The first kappa shape index (κ1) is 13.1. The second kappa shape index (κ2) is 4.72. The third-order valence-corrected chi connectivity index (χ3v) is 3.04. The molecule has 0 unspecified atom stereocenters. The number of rotatable bonds is 4. The van der Waals surface area contributed by atoms with Crippen molar-refractivity contribution < 1.29 is 19.6 Å². The first-order valence-electron chi connectivity index (χ1n) is 5.82. The minimum absolute atomic E-state index is 0.0817. The van der Waals surface area contributed by atoms with Crippen molar-refractivity contribution in [3.8, 4) is 0 Å². The maximum absolute atomic E-state index is 10.4. The Morgan fingerprint density at radius 3 is 2.89 bits per heavy atom. The fourth-order valence-corrected chi connectivity index (χ4v) is 2.19. The van der Waals surface area contributed by atoms with Gasteiger partial charge in [-0.05, 0) is 30.4 Å². The summed E-state index contributed by atoms with van der Waals surface area (Å²) < 4.78 is 5.46. The summed E-state index contributed by atoms with van der Waals surface area (Å²) in [6, 6.07) is 5.68. The number of fused-ring (bicyclic) bond motifs is 1. The predicted octanol–water partition coefficient (Wildman–Crippen LogP) is -0.186. The molecule has 0 saturated carbocycles. The molecule has 0 radical (unpaired) electrons. The first-order chi connectivity index (χ1) is 8.40. The van der Waals surface area contributed by atoms with Crippen LogP contribution in [0.25, 0.3) is 0 Å². The molecule has 0 aliphatic carbocycles. The van der Waals surface area contributed by atoms with Gasteiger partial charge in [0.2, 0.25) is 0 Å². The monoisotopic (exact) mass is 249 g/mol. The van der Waals surface area contributed by atoms with Crippen molar-refractivity contribution >= 4 is 18.6 Å². The molecule has 1 aliphatic heterocycles. The van der Waals surface area contributed by atoms with Crippen LogP contribution in [0.3, 0.4) is 0 Å². The Morgan fingerprint density at radius 1 is 1.50 bits per heavy atom. The third kappa shape index (κ3) is 2.55. The Kier molecular flexibility index (Phi) is 3.43. The molecule has 0 spiro atoms. The molecule has 96 valence electrons. The van der Waals surface area contributed by atoms with Crippen molar-refractivity contribution in [2.75, 3.05) is 6.54 Å². The van der Waals surface area contributed by atoms with E-state index in [-0.39, 0.29) is 6.54 Å². The predicted molar refractivity (Wildman–Crippen MR) is 67.5 cm³/mol. The van der Waals surface area contributed by atoms with Crippen molar-refractivity contribution in [1.29, 1.82) is 0 Å². The van der Waals surface area contributed by atoms with E-state index in [1.165, 1.54) is 0 Å². The van der Waals surface area contributed by atoms with Crippen molar-refractivity contribution in [2.45, 2.75) is 26.0 Å². The second-order valence-corrected chi connectivity index (χ2v) is 4.90. The van der Waals surface area contributed by atoms with E-state index in [0.29, 0.717) is 6.54 Å². The van der Waals surface area contributed by atoms with Gasteiger partial charge in [0.1, 0.15) is 0 Å². The van der Waals surface area contributed by atoms with Gasteiger partial charge in [0.15, 0.2) is 0 Å². The number of carboxylic acids is 1. The SMILES string of the molecule is CC1(C)OB(O)c2cc(CNCC(=O)O)ccc21. The summed E-state index contributed by atoms with van der Waals surface area (Å²) in [5, 5.41) is 21.2. The van der Waals surface area contributed by atoms with Gasteiger partial charge in [-0.25, -0.2) is 0 Å². The molecular weight excluding hydrogens is 233 g/mol. The summed E-state index contributed by atoms with van der Waals surface area (Å²) in [4.78, 5) is 10.4. The van der Waals surface area contributed by atoms with E-state index < -0.39 is 18.7 Å². The minimum Gasteiger partial charge on any atom is -0.480 e. The van der Waals surface area contributed by atoms with Crippen molar-refractivity contribution in [2.24, 2.45) is 0 Å². The Morgan fingerprint density at radius 2 is 2.22 bits per heavy atom. The zero-order valence-corrected chi connectivity index (χ0v) is 10.4. The van der Waals surface area contributed by atoms with Gasteiger partial charge in [-0.3, -0.25) is 4.79 Å². The normalized spacial score (nSPS) is 16.7. The first-order valence-corrected chi connectivity index (χ1v) is 5.82. The van der Waals surface area contributed by atoms with E-state index in [1.807, 2.05) is 32.0 Å². The maximum Gasteiger partial charge on any atom is 0.492 e. The molecule has 0 bridgehead atoms. The quantitative estimate of drug-likeness (QED) is 0.645. The molecule has 1 aromatic rings. The van der Waals surface area contributed by atoms with Crippen LogP contribution in [0, 0.1) is 0 Å². The molecule has 0 amide bonds. The lowest BCUT2D eigenvalue weighted by Gasteiger charge is -2.19. The lowest BCUT2D eigenvalue weighted by molar-refractivity contribution is -0.135. The lowest BCUT2D eigenvalue weighted by atomic mass is 9.77. The molecule has 6 heteroatoms. The average molecular weight is 249 g/mol. The van der Waals surface area contributed by atoms with Crippen LogP contribution in [0.1, 0.15) is 25.0 Å². The van der Waals surface area contributed by atoms with E-state index in [1.54, 1.807) is 0 Å². The number of hydrogen-bond acceptors (Lipinski definition) is 4. The number of benzene rings is 1. The number of hydrogen-bond donors (Lipinski definition) is 3. The highest BCUT2D eigenvalue weighted by atomic mass is 16.5. The molecule has 3 N–H and O–H groups in total. The molecule has 0 aromatic heterocycles. The van der Waals surface area contributed by atoms with Gasteiger partial charge in [-0.2, -0.15) is 0 Å². The largest absolute Gasteiger partial charge is 0.492 e. The van der Waals surface area contributed by atoms with Crippen molar-refractivity contribution in [3.63, 3.8) is 0 Å². The zero-order valence-electron chi connectivity index (χ0n) is 10.4. The highest BCUT2D eigenvalue weighted by Crippen LogP contribution is 2.29. The van der Waals surface area contributed by atoms with Gasteiger partial charge in [0.05, 0.1) is 12.1 Å². The van der Waals surface area contributed by atoms with Gasteiger partial charge in [0.25, 0.3) is 0 Å². The van der Waals surface area contributed by atoms with Crippen LogP contribution in [-0.4, -0.2) is 29.8 Å². The van der Waals surface area contributed by atoms with Crippen LogP contribution in [-0.2, 0) is 21.6 Å². The summed E-state index contributed by atoms with van der Waals surface area (Å²) >= 11 is 0. The summed E-state index contributed by atoms with van der Waals surface area (Å²) in [6.07, 6.45) is 0. The summed E-state index contributed by atoms with van der Waals surface area (Å²) in [5.41, 5.74) is 2.17. The molecule has 1 aromatic carbocycles. The number of carbonyl (C=O) groups is 1. The standard InChI is InChI=1S/C12H16BNO4/c1-12(2)9-4-3-8(6-14-7-11(15)16)5-10(9)13(17)18-12/h3-5,14,17H,6-7H2,1-2H3,(H,15,16). The highest BCUT2D eigenvalue weighted by Gasteiger charge is 2.40. The maximum atomic E-state index is 10.4. The lowest BCUT2D eigenvalue weighted by Crippen LogP contribution is -2.29. The van der Waals surface area contributed by atoms with Crippen LogP contribution < -0.4 is 10.8 Å². The van der Waals surface area contributed by atoms with Gasteiger partial charge >= 0.3 is 13.1 Å². The summed E-state index contributed by atoms with van der Waals surface area (Å²) in [7, 11) is -0.908. The molecule has 0 fully saturated rings. The van der Waals surface area contributed by atoms with Crippen molar-refractivity contribution in [3.05, 3.63) is 29.3 Å². The zero-order chi connectivity index (χ0) is 13.3. The van der Waals surface area contributed by atoms with Gasteiger partial charge in [0, 0.05) is 6.54 Å². The molecular formula is C12H16BNO4. The van der Waals surface area contributed by atoms with Gasteiger partial charge in [-0.15, -0.1) is 0 Å². The van der Waals surface area contributed by atoms with Crippen LogP contribution in [0.4, 0.5) is 0 Å². The molecule has 1 aliphatic rings. The van der Waals surface area contributed by atoms with Crippen LogP contribution in [0.2, 0.25) is 0 Å². The van der Waals surface area contributed by atoms with Crippen LogP contribution in [0.5, 0.6) is 0 Å². The molecule has 2 rings (SSSR count). The molecule has 18 heavy (non-hydrogen) atoms. The molecule has 0 atom stereocenters. The Hall–Kier alpha value is -1.37. The molecule has 0 saturated heterocycles.